The molecule has 1 atom stereocenters. The Balaban J connectivity index is 1.41. The zero-order valence-electron chi connectivity index (χ0n) is 33.3. The summed E-state index contributed by atoms with van der Waals surface area (Å²) in [6.07, 6.45) is 0.869. The number of aromatic amines is 1. The van der Waals surface area contributed by atoms with Crippen molar-refractivity contribution in [3.8, 4) is 5.75 Å². The van der Waals surface area contributed by atoms with Gasteiger partial charge in [0, 0.05) is 49.7 Å². The number of anilines is 1. The monoisotopic (exact) mass is 776 g/mol. The molecule has 4 aromatic carbocycles. The molecule has 0 saturated heterocycles. The summed E-state index contributed by atoms with van der Waals surface area (Å²) in [5.41, 5.74) is 5.51. The van der Waals surface area contributed by atoms with Gasteiger partial charge in [-0.1, -0.05) is 99.6 Å². The van der Waals surface area contributed by atoms with Crippen LogP contribution in [0.1, 0.15) is 68.4 Å². The maximum absolute atomic E-state index is 12.7. The number of H-pyrrole nitrogens is 1. The van der Waals surface area contributed by atoms with E-state index in [2.05, 4.69) is 90.8 Å². The number of nitrogens with zero attached hydrogens (tertiary/aromatic N) is 1. The van der Waals surface area contributed by atoms with Crippen LogP contribution in [-0.4, -0.2) is 54.9 Å². The van der Waals surface area contributed by atoms with Crippen LogP contribution in [0.3, 0.4) is 0 Å². The van der Waals surface area contributed by atoms with Crippen molar-refractivity contribution in [2.24, 2.45) is 0 Å². The third-order valence-electron chi connectivity index (χ3n) is 10.4. The summed E-state index contributed by atoms with van der Waals surface area (Å²) >= 11 is 0. The molecule has 5 aromatic rings. The van der Waals surface area contributed by atoms with Crippen LogP contribution < -0.4 is 20.9 Å². The molecular weight excluding hydrogens is 721 g/mol. The Labute approximate surface area is 331 Å². The first-order valence-electron chi connectivity index (χ1n) is 19.4. The molecule has 1 aromatic heterocycles. The first kappa shape index (κ1) is 41.9. The zero-order chi connectivity index (χ0) is 40.1. The number of carbonyl (C=O) groups is 2. The average Bonchev–Trinajstić information content (AvgIpc) is 3.16. The number of hydrogen-bond donors (Lipinski definition) is 4. The molecular formula is C45H56N4O6Si. The second-order valence-electron chi connectivity index (χ2n) is 15.8. The van der Waals surface area contributed by atoms with E-state index in [1.807, 2.05) is 66.7 Å². The molecule has 0 bridgehead atoms. The van der Waals surface area contributed by atoms with Crippen LogP contribution in [0.15, 0.2) is 114 Å². The Kier molecular flexibility index (Phi) is 14.7. The average molecular weight is 777 g/mol. The fraction of sp³-hybridized carbons (Fsp3) is 0.356. The van der Waals surface area contributed by atoms with Crippen molar-refractivity contribution in [2.75, 3.05) is 25.0 Å². The minimum absolute atomic E-state index is 0.0431. The number of carbonyl (C=O) groups excluding carboxylic acids is 1. The van der Waals surface area contributed by atoms with Crippen molar-refractivity contribution in [1.29, 1.82) is 0 Å². The van der Waals surface area contributed by atoms with Crippen LogP contribution >= 0.6 is 0 Å². The normalized spacial score (nSPS) is 12.4. The zero-order valence-corrected chi connectivity index (χ0v) is 34.3. The van der Waals surface area contributed by atoms with E-state index in [9.17, 15) is 14.4 Å². The first-order valence-corrected chi connectivity index (χ1v) is 22.3. The molecule has 0 aliphatic carbocycles. The molecule has 5 rings (SSSR count). The van der Waals surface area contributed by atoms with Gasteiger partial charge in [0.1, 0.15) is 12.4 Å². The lowest BCUT2D eigenvalue weighted by Crippen LogP contribution is -2.44. The largest absolute Gasteiger partial charge is 0.487 e. The van der Waals surface area contributed by atoms with E-state index in [0.29, 0.717) is 56.8 Å². The summed E-state index contributed by atoms with van der Waals surface area (Å²) in [5, 5.41) is 14.9. The van der Waals surface area contributed by atoms with Crippen molar-refractivity contribution in [3.05, 3.63) is 142 Å². The second-order valence-corrected chi connectivity index (χ2v) is 20.6. The number of pyridine rings is 1. The molecule has 0 spiro atoms. The van der Waals surface area contributed by atoms with E-state index < -0.39 is 14.4 Å². The van der Waals surface area contributed by atoms with Crippen LogP contribution in [-0.2, 0) is 28.8 Å². The molecule has 0 saturated carbocycles. The van der Waals surface area contributed by atoms with E-state index in [1.54, 1.807) is 6.07 Å². The molecule has 0 fully saturated rings. The van der Waals surface area contributed by atoms with E-state index in [4.69, 9.17) is 14.3 Å². The topological polar surface area (TPSA) is 133 Å². The van der Waals surface area contributed by atoms with Gasteiger partial charge < -0.3 is 29.9 Å². The van der Waals surface area contributed by atoms with Crippen molar-refractivity contribution in [1.82, 2.24) is 15.2 Å². The summed E-state index contributed by atoms with van der Waals surface area (Å²) in [6.45, 7) is 14.0. The molecule has 10 nitrogen and oxygen atoms in total. The SMILES string of the molecule is CC(C)(C)[Si](C)(C)OC(CN(CCc1cccc(NC(=O)CCCCNC(=O)O)c1)Cc1ccccc1)c1ccc(OCc2ccccc2)c2[nH]c(=O)ccc12. The van der Waals surface area contributed by atoms with Gasteiger partial charge in [-0.25, -0.2) is 4.79 Å². The second kappa shape index (κ2) is 19.6. The Bertz CT molecular complexity index is 2100. The molecule has 2 amide bonds. The molecule has 1 unspecified atom stereocenters. The Morgan fingerprint density at radius 1 is 0.857 bits per heavy atom. The van der Waals surface area contributed by atoms with E-state index >= 15 is 0 Å². The molecule has 0 radical (unpaired) electrons. The number of fused-ring (bicyclic) bond motifs is 1. The molecule has 296 valence electrons. The van der Waals surface area contributed by atoms with Crippen LogP contribution in [0.2, 0.25) is 18.1 Å². The van der Waals surface area contributed by atoms with Crippen molar-refractivity contribution >= 4 is 36.9 Å². The number of unbranched alkanes of at least 4 members (excludes halogenated alkanes) is 1. The van der Waals surface area contributed by atoms with Crippen LogP contribution in [0.5, 0.6) is 5.75 Å². The summed E-state index contributed by atoms with van der Waals surface area (Å²) < 4.78 is 13.6. The van der Waals surface area contributed by atoms with E-state index in [0.717, 1.165) is 40.7 Å². The molecule has 0 aliphatic heterocycles. The molecule has 4 N–H and O–H groups in total. The van der Waals surface area contributed by atoms with Gasteiger partial charge in [0.25, 0.3) is 0 Å². The smallest absolute Gasteiger partial charge is 0.404 e. The quantitative estimate of drug-likeness (QED) is 0.0486. The number of aromatic nitrogens is 1. The van der Waals surface area contributed by atoms with Gasteiger partial charge in [-0.15, -0.1) is 0 Å². The number of amides is 2. The van der Waals surface area contributed by atoms with Gasteiger partial charge >= 0.3 is 6.09 Å². The minimum Gasteiger partial charge on any atom is -0.487 e. The third kappa shape index (κ3) is 12.4. The van der Waals surface area contributed by atoms with E-state index in [-0.39, 0.29) is 22.6 Å². The third-order valence-corrected chi connectivity index (χ3v) is 14.9. The highest BCUT2D eigenvalue weighted by Gasteiger charge is 2.40. The number of nitrogens with one attached hydrogen (secondary N) is 3. The lowest BCUT2D eigenvalue weighted by molar-refractivity contribution is -0.116. The highest BCUT2D eigenvalue weighted by molar-refractivity contribution is 6.74. The Hall–Kier alpha value is -5.23. The molecule has 0 aliphatic rings. The summed E-state index contributed by atoms with van der Waals surface area (Å²) in [7, 11) is -2.31. The van der Waals surface area contributed by atoms with Crippen molar-refractivity contribution < 1.29 is 23.9 Å². The molecule has 11 heteroatoms. The predicted octanol–water partition coefficient (Wildman–Crippen LogP) is 9.29. The number of benzene rings is 4. The van der Waals surface area contributed by atoms with Gasteiger partial charge in [-0.05, 0) is 83.9 Å². The highest BCUT2D eigenvalue weighted by atomic mass is 28.4. The van der Waals surface area contributed by atoms with Gasteiger partial charge in [-0.3, -0.25) is 14.5 Å². The Morgan fingerprint density at radius 2 is 1.55 bits per heavy atom. The number of carboxylic acid groups (broad SMARTS) is 1. The fourth-order valence-electron chi connectivity index (χ4n) is 6.35. The van der Waals surface area contributed by atoms with Gasteiger partial charge in [-0.2, -0.15) is 0 Å². The maximum atomic E-state index is 12.7. The standard InChI is InChI=1S/C45H56N4O6Si/c1-45(2,3)56(4,5)55-40(37-22-24-39(43-38(37)23-25-42(51)48-43)54-32-35-17-10-7-11-18-35)31-49(30-34-15-8-6-9-16-34)28-26-33-19-14-20-36(29-33)47-41(50)21-12-13-27-46-44(52)53/h6-11,14-20,22-25,29,40,46H,12-13,21,26-28,30-32H2,1-5H3,(H,47,50)(H,48,51)(H,52,53). The molecule has 56 heavy (non-hydrogen) atoms. The lowest BCUT2D eigenvalue weighted by Gasteiger charge is -2.41. The minimum atomic E-state index is -2.31. The number of ether oxygens (including phenoxy) is 1. The van der Waals surface area contributed by atoms with Crippen LogP contribution in [0, 0.1) is 0 Å². The predicted molar refractivity (Wildman–Crippen MR) is 227 cm³/mol. The Morgan fingerprint density at radius 3 is 2.25 bits per heavy atom. The maximum Gasteiger partial charge on any atom is 0.404 e. The number of hydrogen-bond acceptors (Lipinski definition) is 6. The van der Waals surface area contributed by atoms with Crippen molar-refractivity contribution in [2.45, 2.75) is 83.8 Å². The highest BCUT2D eigenvalue weighted by Crippen LogP contribution is 2.42. The van der Waals surface area contributed by atoms with Crippen molar-refractivity contribution in [3.63, 3.8) is 0 Å². The first-order chi connectivity index (χ1) is 26.8. The van der Waals surface area contributed by atoms with Gasteiger partial charge in [0.15, 0.2) is 8.32 Å². The summed E-state index contributed by atoms with van der Waals surface area (Å²) in [6, 6.07) is 35.8. The summed E-state index contributed by atoms with van der Waals surface area (Å²) in [5.74, 6) is 0.513. The number of rotatable bonds is 19. The fourth-order valence-corrected chi connectivity index (χ4v) is 7.61. The summed E-state index contributed by atoms with van der Waals surface area (Å²) in [4.78, 5) is 41.6. The van der Waals surface area contributed by atoms with Gasteiger partial charge in [0.2, 0.25) is 11.5 Å². The van der Waals surface area contributed by atoms with Crippen LogP contribution in [0.25, 0.3) is 10.9 Å². The van der Waals surface area contributed by atoms with Gasteiger partial charge in [0.05, 0.1) is 11.6 Å². The molecule has 1 heterocycles. The van der Waals surface area contributed by atoms with Crippen LogP contribution in [0.4, 0.5) is 10.5 Å². The van der Waals surface area contributed by atoms with E-state index in [1.165, 1.54) is 5.56 Å². The lowest BCUT2D eigenvalue weighted by atomic mass is 10.0.